The maximum atomic E-state index is 12.4. The lowest BCUT2D eigenvalue weighted by Crippen LogP contribution is -2.46. The lowest BCUT2D eigenvalue weighted by Gasteiger charge is -2.29. The van der Waals surface area contributed by atoms with Gasteiger partial charge in [-0.2, -0.15) is 0 Å². The molecule has 2 amide bonds. The number of carbonyl (C=O) groups is 4. The Balaban J connectivity index is 1.35. The van der Waals surface area contributed by atoms with E-state index in [4.69, 9.17) is 4.74 Å². The molecule has 28 heavy (non-hydrogen) atoms. The molecule has 8 heteroatoms. The smallest absolute Gasteiger partial charge is 0.330 e. The van der Waals surface area contributed by atoms with Crippen molar-refractivity contribution in [1.82, 2.24) is 4.90 Å². The zero-order valence-corrected chi connectivity index (χ0v) is 16.5. The Morgan fingerprint density at radius 2 is 1.93 bits per heavy atom. The zero-order valence-electron chi connectivity index (χ0n) is 15.7. The van der Waals surface area contributed by atoms with Crippen molar-refractivity contribution in [3.05, 3.63) is 29.8 Å². The Bertz CT molecular complexity index is 840. The van der Waals surface area contributed by atoms with Crippen molar-refractivity contribution in [1.29, 1.82) is 0 Å². The average molecular weight is 402 g/mol. The third-order valence-electron chi connectivity index (χ3n) is 5.64. The predicted octanol–water partition coefficient (Wildman–Crippen LogP) is 1.99. The van der Waals surface area contributed by atoms with Gasteiger partial charge in [-0.05, 0) is 44.0 Å². The fourth-order valence-corrected chi connectivity index (χ4v) is 5.48. The fraction of sp³-hybridized carbons (Fsp3) is 0.500. The van der Waals surface area contributed by atoms with Crippen molar-refractivity contribution in [2.75, 3.05) is 23.8 Å². The van der Waals surface area contributed by atoms with Gasteiger partial charge in [-0.3, -0.25) is 14.4 Å². The number of hydrogen-bond donors (Lipinski definition) is 0. The number of nitrogens with zero attached hydrogens (tertiary/aromatic N) is 2. The highest BCUT2D eigenvalue weighted by atomic mass is 32.2. The summed E-state index contributed by atoms with van der Waals surface area (Å²) in [6.07, 6.45) is 2.56. The molecule has 0 bridgehead atoms. The lowest BCUT2D eigenvalue weighted by atomic mass is 10.1. The third-order valence-corrected chi connectivity index (χ3v) is 7.14. The van der Waals surface area contributed by atoms with Crippen molar-refractivity contribution in [3.8, 4) is 0 Å². The van der Waals surface area contributed by atoms with Crippen LogP contribution in [0.25, 0.3) is 0 Å². The van der Waals surface area contributed by atoms with Crippen molar-refractivity contribution in [3.63, 3.8) is 0 Å². The highest BCUT2D eigenvalue weighted by Gasteiger charge is 2.53. The van der Waals surface area contributed by atoms with E-state index in [1.807, 2.05) is 6.92 Å². The SMILES string of the molecule is C[C@]12CCC(=O)N1[C@H](C(=O)OCC(=O)c1ccc(N3CCCC3=O)cc1)CS2. The summed E-state index contributed by atoms with van der Waals surface area (Å²) < 4.78 is 5.23. The number of amides is 2. The second-order valence-electron chi connectivity index (χ2n) is 7.49. The van der Waals surface area contributed by atoms with Crippen LogP contribution in [0.4, 0.5) is 5.69 Å². The minimum atomic E-state index is -0.624. The fourth-order valence-electron chi connectivity index (χ4n) is 4.06. The predicted molar refractivity (Wildman–Crippen MR) is 104 cm³/mol. The summed E-state index contributed by atoms with van der Waals surface area (Å²) >= 11 is 1.59. The van der Waals surface area contributed by atoms with Crippen molar-refractivity contribution >= 4 is 41.0 Å². The normalized spacial score (nSPS) is 26.7. The maximum absolute atomic E-state index is 12.4. The Morgan fingerprint density at radius 1 is 1.18 bits per heavy atom. The van der Waals surface area contributed by atoms with Gasteiger partial charge >= 0.3 is 5.97 Å². The summed E-state index contributed by atoms with van der Waals surface area (Å²) in [5.74, 6) is -0.292. The Kier molecular flexibility index (Phi) is 4.91. The first-order valence-corrected chi connectivity index (χ1v) is 10.4. The minimum absolute atomic E-state index is 0.0344. The van der Waals surface area contributed by atoms with Gasteiger partial charge in [0.15, 0.2) is 12.4 Å². The van der Waals surface area contributed by atoms with E-state index in [-0.39, 0.29) is 29.1 Å². The van der Waals surface area contributed by atoms with Crippen LogP contribution in [-0.4, -0.2) is 58.3 Å². The first-order chi connectivity index (χ1) is 13.4. The molecule has 0 radical (unpaired) electrons. The van der Waals surface area contributed by atoms with Crippen LogP contribution in [0.3, 0.4) is 0 Å². The molecule has 1 aromatic rings. The molecule has 3 aliphatic heterocycles. The zero-order chi connectivity index (χ0) is 19.9. The minimum Gasteiger partial charge on any atom is -0.456 e. The average Bonchev–Trinajstić information content (AvgIpc) is 3.35. The number of rotatable bonds is 5. The molecule has 0 unspecified atom stereocenters. The van der Waals surface area contributed by atoms with Crippen LogP contribution >= 0.6 is 11.8 Å². The number of hydrogen-bond acceptors (Lipinski definition) is 6. The maximum Gasteiger partial charge on any atom is 0.330 e. The summed E-state index contributed by atoms with van der Waals surface area (Å²) in [7, 11) is 0. The first kappa shape index (κ1) is 19.0. The van der Waals surface area contributed by atoms with Gasteiger partial charge in [0.05, 0.1) is 4.87 Å². The van der Waals surface area contributed by atoms with Gasteiger partial charge in [-0.1, -0.05) is 0 Å². The lowest BCUT2D eigenvalue weighted by molar-refractivity contribution is -0.152. The van der Waals surface area contributed by atoms with Gasteiger partial charge in [0.25, 0.3) is 0 Å². The van der Waals surface area contributed by atoms with Crippen LogP contribution < -0.4 is 4.90 Å². The molecule has 3 saturated heterocycles. The molecular weight excluding hydrogens is 380 g/mol. The quantitative estimate of drug-likeness (QED) is 0.553. The second-order valence-corrected chi connectivity index (χ2v) is 8.99. The monoisotopic (exact) mass is 402 g/mol. The van der Waals surface area contributed by atoms with E-state index in [2.05, 4.69) is 0 Å². The summed E-state index contributed by atoms with van der Waals surface area (Å²) in [6.45, 7) is 2.30. The highest BCUT2D eigenvalue weighted by Crippen LogP contribution is 2.47. The number of thioether (sulfide) groups is 1. The van der Waals surface area contributed by atoms with E-state index < -0.39 is 12.0 Å². The Labute approximate surface area is 167 Å². The molecule has 0 saturated carbocycles. The first-order valence-electron chi connectivity index (χ1n) is 9.45. The second kappa shape index (κ2) is 7.24. The van der Waals surface area contributed by atoms with Gasteiger partial charge in [0.1, 0.15) is 6.04 Å². The Hall–Kier alpha value is -2.35. The molecular formula is C20H22N2O5S. The van der Waals surface area contributed by atoms with E-state index in [0.29, 0.717) is 30.7 Å². The van der Waals surface area contributed by atoms with Crippen molar-refractivity contribution in [2.24, 2.45) is 0 Å². The molecule has 7 nitrogen and oxygen atoms in total. The highest BCUT2D eigenvalue weighted by molar-refractivity contribution is 8.01. The molecule has 4 rings (SSSR count). The largest absolute Gasteiger partial charge is 0.456 e. The van der Waals surface area contributed by atoms with Crippen LogP contribution in [0.5, 0.6) is 0 Å². The summed E-state index contributed by atoms with van der Waals surface area (Å²) in [4.78, 5) is 51.7. The number of anilines is 1. The molecule has 3 fully saturated rings. The number of fused-ring (bicyclic) bond motifs is 1. The van der Waals surface area contributed by atoms with E-state index >= 15 is 0 Å². The summed E-state index contributed by atoms with van der Waals surface area (Å²) in [5, 5.41) is 0. The number of ketones is 1. The van der Waals surface area contributed by atoms with E-state index in [1.54, 1.807) is 45.8 Å². The third kappa shape index (κ3) is 3.30. The van der Waals surface area contributed by atoms with E-state index in [1.165, 1.54) is 0 Å². The van der Waals surface area contributed by atoms with Gasteiger partial charge in [0, 0.05) is 36.4 Å². The van der Waals surface area contributed by atoms with Gasteiger partial charge in [-0.15, -0.1) is 11.8 Å². The van der Waals surface area contributed by atoms with Gasteiger partial charge < -0.3 is 14.5 Å². The topological polar surface area (TPSA) is 84.0 Å². The molecule has 0 aliphatic carbocycles. The van der Waals surface area contributed by atoms with Crippen molar-refractivity contribution in [2.45, 2.75) is 43.5 Å². The van der Waals surface area contributed by atoms with Crippen LogP contribution in [0.2, 0.25) is 0 Å². The molecule has 0 spiro atoms. The molecule has 0 aromatic heterocycles. The van der Waals surface area contributed by atoms with Crippen LogP contribution in [-0.2, 0) is 19.1 Å². The summed E-state index contributed by atoms with van der Waals surface area (Å²) in [5.41, 5.74) is 1.19. The number of benzene rings is 1. The van der Waals surface area contributed by atoms with Crippen molar-refractivity contribution < 1.29 is 23.9 Å². The van der Waals surface area contributed by atoms with E-state index in [9.17, 15) is 19.2 Å². The standard InChI is InChI=1S/C20H22N2O5S/c1-20-9-8-18(25)22(20)15(12-28-20)19(26)27-11-16(23)13-4-6-14(7-5-13)21-10-2-3-17(21)24/h4-7,15H,2-3,8-12H2,1H3/t15-,20-/m0/s1. The number of esters is 1. The van der Waals surface area contributed by atoms with Crippen LogP contribution in [0, 0.1) is 0 Å². The molecule has 148 valence electrons. The molecule has 1 aromatic carbocycles. The number of carbonyl (C=O) groups excluding carboxylic acids is 4. The summed E-state index contributed by atoms with van der Waals surface area (Å²) in [6, 6.07) is 6.13. The van der Waals surface area contributed by atoms with Gasteiger partial charge in [0.2, 0.25) is 11.8 Å². The molecule has 0 N–H and O–H groups in total. The number of ether oxygens (including phenoxy) is 1. The Morgan fingerprint density at radius 3 is 2.61 bits per heavy atom. The number of Topliss-reactive ketones (excluding diaryl/α,β-unsaturated/α-hetero) is 1. The molecule has 3 aliphatic rings. The van der Waals surface area contributed by atoms with Gasteiger partial charge in [-0.25, -0.2) is 4.79 Å². The molecule has 3 heterocycles. The van der Waals surface area contributed by atoms with E-state index in [0.717, 1.165) is 18.5 Å². The van der Waals surface area contributed by atoms with Crippen LogP contribution in [0.15, 0.2) is 24.3 Å². The molecule has 2 atom stereocenters. The van der Waals surface area contributed by atoms with Crippen LogP contribution in [0.1, 0.15) is 43.0 Å².